The maximum atomic E-state index is 12.2. The summed E-state index contributed by atoms with van der Waals surface area (Å²) in [6.45, 7) is 4.15. The van der Waals surface area contributed by atoms with Crippen molar-refractivity contribution in [3.8, 4) is 11.5 Å². The van der Waals surface area contributed by atoms with Crippen molar-refractivity contribution in [2.24, 2.45) is 5.92 Å². The molecule has 0 aliphatic rings. The minimum atomic E-state index is -0.0279. The van der Waals surface area contributed by atoms with Gasteiger partial charge in [0.2, 0.25) is 0 Å². The molecule has 0 bridgehead atoms. The molecular weight excluding hydrogens is 271 g/mol. The molecule has 0 aromatic heterocycles. The van der Waals surface area contributed by atoms with Crippen LogP contribution in [0.4, 0.5) is 0 Å². The summed E-state index contributed by atoms with van der Waals surface area (Å²) in [5, 5.41) is 12.6. The molecule has 3 nitrogen and oxygen atoms in total. The first-order valence-electron chi connectivity index (χ1n) is 5.63. The Bertz CT molecular complexity index is 444. The van der Waals surface area contributed by atoms with Gasteiger partial charge in [0.15, 0.2) is 0 Å². The van der Waals surface area contributed by atoms with Crippen LogP contribution in [0.25, 0.3) is 0 Å². The second-order valence-corrected chi connectivity index (χ2v) is 5.69. The van der Waals surface area contributed by atoms with Crippen LogP contribution in [-0.2, 0) is 0 Å². The summed E-state index contributed by atoms with van der Waals surface area (Å²) >= 11 is 6.03. The molecule has 0 heterocycles. The molecule has 0 N–H and O–H groups in total. The van der Waals surface area contributed by atoms with Gasteiger partial charge in [0, 0.05) is 0 Å². The van der Waals surface area contributed by atoms with Crippen LogP contribution in [0, 0.1) is 5.92 Å². The first-order chi connectivity index (χ1) is 8.51. The molecule has 0 saturated heterocycles. The Hall–Kier alpha value is -0.760. The topological polar surface area (TPSA) is 41.5 Å². The molecule has 0 aliphatic heterocycles. The highest BCUT2D eigenvalue weighted by Crippen LogP contribution is 2.36. The van der Waals surface area contributed by atoms with E-state index < -0.39 is 0 Å². The summed E-state index contributed by atoms with van der Waals surface area (Å²) in [5.74, 6) is 1.35. The van der Waals surface area contributed by atoms with Gasteiger partial charge in [-0.15, -0.1) is 13.7 Å². The Morgan fingerprint density at radius 3 is 2.50 bits per heavy atom. The Morgan fingerprint density at radius 1 is 1.33 bits per heavy atom. The van der Waals surface area contributed by atoms with E-state index in [0.717, 1.165) is 14.4 Å². The lowest BCUT2D eigenvalue weighted by Crippen LogP contribution is -2.19. The van der Waals surface area contributed by atoms with Crippen molar-refractivity contribution in [1.82, 2.24) is 0 Å². The molecule has 0 atom stereocenters. The second-order valence-electron chi connectivity index (χ2n) is 4.20. The Balaban J connectivity index is 3.27. The lowest BCUT2D eigenvalue weighted by atomic mass is 10.2. The highest BCUT2D eigenvalue weighted by molar-refractivity contribution is 7.40. The number of halogens is 1. The minimum absolute atomic E-state index is 0.0279. The predicted octanol–water partition coefficient (Wildman–Crippen LogP) is 2.80. The van der Waals surface area contributed by atoms with Crippen LogP contribution in [0.1, 0.15) is 19.4 Å². The third kappa shape index (κ3) is 3.61. The Kier molecular flexibility index (Phi) is 5.94. The van der Waals surface area contributed by atoms with Crippen molar-refractivity contribution >= 4 is 25.3 Å². The van der Waals surface area contributed by atoms with Gasteiger partial charge in [0.1, 0.15) is 11.5 Å². The maximum absolute atomic E-state index is 12.2. The molecule has 0 fully saturated rings. The summed E-state index contributed by atoms with van der Waals surface area (Å²) in [4.78, 5) is 0. The van der Waals surface area contributed by atoms with Gasteiger partial charge in [-0.05, 0) is 24.2 Å². The normalized spacial score (nSPS) is 11.8. The van der Waals surface area contributed by atoms with E-state index in [1.165, 1.54) is 14.2 Å². The van der Waals surface area contributed by atoms with Gasteiger partial charge >= 0.3 is 0 Å². The van der Waals surface area contributed by atoms with Gasteiger partial charge in [-0.1, -0.05) is 25.4 Å². The zero-order valence-corrected chi connectivity index (χ0v) is 12.6. The van der Waals surface area contributed by atoms with E-state index in [9.17, 15) is 5.11 Å². The van der Waals surface area contributed by atoms with Crippen LogP contribution >= 0.6 is 19.8 Å². The number of ether oxygens (including phenoxy) is 2. The zero-order chi connectivity index (χ0) is 13.7. The van der Waals surface area contributed by atoms with Crippen molar-refractivity contribution in [3.05, 3.63) is 22.7 Å². The summed E-state index contributed by atoms with van der Waals surface area (Å²) in [5.41, 5.74) is 0.398. The van der Waals surface area contributed by atoms with Gasteiger partial charge in [0.05, 0.1) is 24.8 Å². The van der Waals surface area contributed by atoms with E-state index in [0.29, 0.717) is 28.0 Å². The van der Waals surface area contributed by atoms with Gasteiger partial charge in [0.25, 0.3) is 0 Å². The first kappa shape index (κ1) is 15.3. The first-order valence-corrected chi connectivity index (χ1v) is 7.09. The van der Waals surface area contributed by atoms with E-state index in [1.54, 1.807) is 12.1 Å². The van der Waals surface area contributed by atoms with Crippen molar-refractivity contribution in [2.75, 3.05) is 20.4 Å². The van der Waals surface area contributed by atoms with Gasteiger partial charge in [-0.25, -0.2) is 0 Å². The summed E-state index contributed by atoms with van der Waals surface area (Å²) in [6, 6.07) is 3.35. The highest BCUT2D eigenvalue weighted by atomic mass is 35.5. The van der Waals surface area contributed by atoms with Crippen LogP contribution in [-0.4, -0.2) is 25.9 Å². The Morgan fingerprint density at radius 2 is 2.00 bits per heavy atom. The predicted molar refractivity (Wildman–Crippen MR) is 75.3 cm³/mol. The number of hydrogen-bond donors (Lipinski definition) is 0. The molecule has 1 rings (SSSR count). The number of benzene rings is 1. The molecule has 18 heavy (non-hydrogen) atoms. The molecular formula is C13H17ClO3P-. The minimum Gasteiger partial charge on any atom is -0.823 e. The average Bonchev–Trinajstić information content (AvgIpc) is 2.35. The quantitative estimate of drug-likeness (QED) is 0.782. The van der Waals surface area contributed by atoms with E-state index >= 15 is 0 Å². The average molecular weight is 288 g/mol. The van der Waals surface area contributed by atoms with Crippen LogP contribution in [0.15, 0.2) is 12.1 Å². The smallest absolute Gasteiger partial charge is 0.147 e. The summed E-state index contributed by atoms with van der Waals surface area (Å²) < 4.78 is 10.4. The van der Waals surface area contributed by atoms with Crippen molar-refractivity contribution < 1.29 is 14.6 Å². The Labute approximate surface area is 114 Å². The van der Waals surface area contributed by atoms with Crippen LogP contribution in [0.5, 0.6) is 11.5 Å². The largest absolute Gasteiger partial charge is 0.823 e. The third-order valence-electron chi connectivity index (χ3n) is 2.31. The van der Waals surface area contributed by atoms with E-state index in [1.807, 2.05) is 0 Å². The summed E-state index contributed by atoms with van der Waals surface area (Å²) in [7, 11) is 3.75. The number of rotatable bonds is 5. The van der Waals surface area contributed by atoms with E-state index in [-0.39, 0.29) is 5.48 Å². The van der Waals surface area contributed by atoms with Crippen LogP contribution in [0.2, 0.25) is 5.02 Å². The molecule has 0 amide bonds. The van der Waals surface area contributed by atoms with Crippen molar-refractivity contribution in [3.63, 3.8) is 0 Å². The fourth-order valence-corrected chi connectivity index (χ4v) is 2.59. The van der Waals surface area contributed by atoms with Gasteiger partial charge in [-0.3, -0.25) is 0 Å². The van der Waals surface area contributed by atoms with Crippen LogP contribution in [0.3, 0.4) is 0 Å². The van der Waals surface area contributed by atoms with Gasteiger partial charge in [-0.2, -0.15) is 0 Å². The second kappa shape index (κ2) is 6.98. The molecule has 0 spiro atoms. The molecule has 0 radical (unpaired) electrons. The molecule has 1 aromatic carbocycles. The maximum Gasteiger partial charge on any atom is 0.147 e. The van der Waals surface area contributed by atoms with Crippen molar-refractivity contribution in [1.29, 1.82) is 0 Å². The van der Waals surface area contributed by atoms with Gasteiger partial charge < -0.3 is 14.6 Å². The zero-order valence-electron chi connectivity index (χ0n) is 11.0. The molecule has 100 valence electrons. The standard InChI is InChI=1S/C13H18ClO3P/c1-8(2)7-18-13(15)11-10(16-3)6-5-9(14)12(11)17-4/h5-6,8,15H,7H2,1-4H3/p-1. The molecule has 0 saturated carbocycles. The lowest BCUT2D eigenvalue weighted by Gasteiger charge is -2.20. The molecule has 0 aliphatic carbocycles. The molecule has 5 heteroatoms. The highest BCUT2D eigenvalue weighted by Gasteiger charge is 2.13. The fourth-order valence-electron chi connectivity index (χ4n) is 1.46. The molecule has 1 aromatic rings. The SMILES string of the molecule is COc1ccc(Cl)c(OC)c1C([O-])=PCC(C)C. The monoisotopic (exact) mass is 287 g/mol. The van der Waals surface area contributed by atoms with E-state index in [2.05, 4.69) is 13.8 Å². The summed E-state index contributed by atoms with van der Waals surface area (Å²) in [6.07, 6.45) is 0.803. The number of hydrogen-bond acceptors (Lipinski definition) is 3. The number of methoxy groups -OCH3 is 2. The van der Waals surface area contributed by atoms with E-state index in [4.69, 9.17) is 21.1 Å². The van der Waals surface area contributed by atoms with Crippen molar-refractivity contribution in [2.45, 2.75) is 13.8 Å². The van der Waals surface area contributed by atoms with Crippen LogP contribution < -0.4 is 14.6 Å². The molecule has 0 unspecified atom stereocenters. The fraction of sp³-hybridized carbons (Fsp3) is 0.462. The lowest BCUT2D eigenvalue weighted by molar-refractivity contribution is -0.207. The third-order valence-corrected chi connectivity index (χ3v) is 4.03.